The number of non-ortho nitro benzene ring substituents is 1. The second-order valence-electron chi connectivity index (χ2n) is 6.56. The SMILES string of the molecule is CCOC(=O)c1c(-c2ccc(F)cc2)csc1NC(=O)C(C#N)=Cc1cccc([N+](=O)[O-])c1. The van der Waals surface area contributed by atoms with Crippen molar-refractivity contribution in [2.24, 2.45) is 0 Å². The highest BCUT2D eigenvalue weighted by atomic mass is 32.1. The Morgan fingerprint density at radius 3 is 2.64 bits per heavy atom. The van der Waals surface area contributed by atoms with Gasteiger partial charge < -0.3 is 10.1 Å². The maximum atomic E-state index is 13.3. The Balaban J connectivity index is 1.96. The van der Waals surface area contributed by atoms with Crippen molar-refractivity contribution in [1.29, 1.82) is 5.26 Å². The predicted molar refractivity (Wildman–Crippen MR) is 121 cm³/mol. The van der Waals surface area contributed by atoms with Crippen LogP contribution >= 0.6 is 11.3 Å². The van der Waals surface area contributed by atoms with E-state index in [1.807, 2.05) is 0 Å². The fraction of sp³-hybridized carbons (Fsp3) is 0.0870. The molecule has 0 saturated heterocycles. The standard InChI is InChI=1S/C23H16FN3O5S/c1-2-32-23(29)20-19(15-6-8-17(24)9-7-15)13-33-22(20)26-21(28)16(12-25)10-14-4-3-5-18(11-14)27(30)31/h3-11,13H,2H2,1H3,(H,26,28). The average Bonchev–Trinajstić information content (AvgIpc) is 3.21. The molecule has 0 aliphatic heterocycles. The summed E-state index contributed by atoms with van der Waals surface area (Å²) in [6.45, 7) is 1.73. The minimum atomic E-state index is -0.804. The van der Waals surface area contributed by atoms with Crippen molar-refractivity contribution in [2.45, 2.75) is 6.92 Å². The third kappa shape index (κ3) is 5.47. The largest absolute Gasteiger partial charge is 0.462 e. The molecule has 1 heterocycles. The molecule has 3 rings (SSSR count). The van der Waals surface area contributed by atoms with Gasteiger partial charge in [-0.05, 0) is 36.3 Å². The zero-order chi connectivity index (χ0) is 24.0. The zero-order valence-corrected chi connectivity index (χ0v) is 18.0. The van der Waals surface area contributed by atoms with E-state index in [2.05, 4.69) is 5.32 Å². The normalized spacial score (nSPS) is 10.9. The van der Waals surface area contributed by atoms with Gasteiger partial charge in [0, 0.05) is 23.1 Å². The number of ether oxygens (including phenoxy) is 1. The lowest BCUT2D eigenvalue weighted by Gasteiger charge is -2.08. The summed E-state index contributed by atoms with van der Waals surface area (Å²) in [7, 11) is 0. The molecular weight excluding hydrogens is 449 g/mol. The molecule has 1 aromatic heterocycles. The number of carbonyl (C=O) groups excluding carboxylic acids is 2. The molecule has 1 amide bonds. The van der Waals surface area contributed by atoms with E-state index in [1.54, 1.807) is 18.4 Å². The number of halogens is 1. The van der Waals surface area contributed by atoms with Gasteiger partial charge in [0.05, 0.1) is 11.5 Å². The van der Waals surface area contributed by atoms with Crippen LogP contribution in [0.2, 0.25) is 0 Å². The molecule has 1 N–H and O–H groups in total. The molecule has 3 aromatic rings. The predicted octanol–water partition coefficient (Wildman–Crippen LogP) is 5.18. The minimum Gasteiger partial charge on any atom is -0.462 e. The number of anilines is 1. The van der Waals surface area contributed by atoms with Crippen molar-refractivity contribution in [3.63, 3.8) is 0 Å². The summed E-state index contributed by atoms with van der Waals surface area (Å²) in [4.78, 5) is 35.7. The van der Waals surface area contributed by atoms with Gasteiger partial charge in [-0.1, -0.05) is 24.3 Å². The number of esters is 1. The van der Waals surface area contributed by atoms with Gasteiger partial charge in [-0.15, -0.1) is 11.3 Å². The van der Waals surface area contributed by atoms with Crippen molar-refractivity contribution in [1.82, 2.24) is 0 Å². The summed E-state index contributed by atoms with van der Waals surface area (Å²) in [5.74, 6) is -1.93. The lowest BCUT2D eigenvalue weighted by atomic mass is 10.0. The van der Waals surface area contributed by atoms with Crippen LogP contribution in [-0.4, -0.2) is 23.4 Å². The Bertz CT molecular complexity index is 1290. The summed E-state index contributed by atoms with van der Waals surface area (Å²) in [5, 5.41) is 24.7. The van der Waals surface area contributed by atoms with E-state index >= 15 is 0 Å². The van der Waals surface area contributed by atoms with Crippen LogP contribution in [0.3, 0.4) is 0 Å². The molecule has 0 unspecified atom stereocenters. The minimum absolute atomic E-state index is 0.0782. The number of hydrogen-bond acceptors (Lipinski definition) is 7. The molecule has 0 aliphatic rings. The topological polar surface area (TPSA) is 122 Å². The molecule has 33 heavy (non-hydrogen) atoms. The third-order valence-corrected chi connectivity index (χ3v) is 5.31. The number of nitro groups is 1. The van der Waals surface area contributed by atoms with Crippen molar-refractivity contribution >= 4 is 40.0 Å². The number of amides is 1. The summed E-state index contributed by atoms with van der Waals surface area (Å²) in [6, 6.07) is 12.7. The molecule has 0 saturated carbocycles. The fourth-order valence-electron chi connectivity index (χ4n) is 2.91. The lowest BCUT2D eigenvalue weighted by Crippen LogP contribution is -2.16. The van der Waals surface area contributed by atoms with Gasteiger partial charge in [-0.25, -0.2) is 9.18 Å². The molecule has 0 radical (unpaired) electrons. The molecular formula is C23H16FN3O5S. The van der Waals surface area contributed by atoms with E-state index in [1.165, 1.54) is 54.6 Å². The van der Waals surface area contributed by atoms with Gasteiger partial charge in [-0.2, -0.15) is 5.26 Å². The molecule has 2 aromatic carbocycles. The first-order valence-electron chi connectivity index (χ1n) is 9.56. The number of carbonyl (C=O) groups is 2. The lowest BCUT2D eigenvalue weighted by molar-refractivity contribution is -0.384. The maximum absolute atomic E-state index is 13.3. The molecule has 0 atom stereocenters. The van der Waals surface area contributed by atoms with Crippen LogP contribution < -0.4 is 5.32 Å². The van der Waals surface area contributed by atoms with Crippen LogP contribution in [0.4, 0.5) is 15.1 Å². The Morgan fingerprint density at radius 1 is 1.27 bits per heavy atom. The summed E-state index contributed by atoms with van der Waals surface area (Å²) >= 11 is 1.05. The number of hydrogen-bond donors (Lipinski definition) is 1. The molecule has 166 valence electrons. The Kier molecular flexibility index (Phi) is 7.27. The fourth-order valence-corrected chi connectivity index (χ4v) is 3.86. The zero-order valence-electron chi connectivity index (χ0n) is 17.2. The van der Waals surface area contributed by atoms with Gasteiger partial charge in [-0.3, -0.25) is 14.9 Å². The van der Waals surface area contributed by atoms with Crippen molar-refractivity contribution in [3.05, 3.63) is 86.5 Å². The first kappa shape index (κ1) is 23.3. The smallest absolute Gasteiger partial charge is 0.341 e. The Morgan fingerprint density at radius 2 is 2.00 bits per heavy atom. The number of nitrogens with one attached hydrogen (secondary N) is 1. The monoisotopic (exact) mass is 465 g/mol. The highest BCUT2D eigenvalue weighted by Gasteiger charge is 2.24. The number of nitro benzene ring substituents is 1. The quantitative estimate of drug-likeness (QED) is 0.169. The van der Waals surface area contributed by atoms with Gasteiger partial charge in [0.15, 0.2) is 0 Å². The highest BCUT2D eigenvalue weighted by Crippen LogP contribution is 2.36. The summed E-state index contributed by atoms with van der Waals surface area (Å²) in [5.41, 5.74) is 0.850. The summed E-state index contributed by atoms with van der Waals surface area (Å²) < 4.78 is 18.4. The van der Waals surface area contributed by atoms with E-state index in [9.17, 15) is 29.4 Å². The highest BCUT2D eigenvalue weighted by molar-refractivity contribution is 7.15. The number of nitriles is 1. The van der Waals surface area contributed by atoms with Crippen LogP contribution in [0.15, 0.2) is 59.5 Å². The number of nitrogens with zero attached hydrogens (tertiary/aromatic N) is 2. The van der Waals surface area contributed by atoms with Crippen molar-refractivity contribution in [3.8, 4) is 17.2 Å². The van der Waals surface area contributed by atoms with Gasteiger partial charge in [0.25, 0.3) is 11.6 Å². The van der Waals surface area contributed by atoms with E-state index in [-0.39, 0.29) is 28.4 Å². The van der Waals surface area contributed by atoms with Crippen molar-refractivity contribution < 1.29 is 23.6 Å². The van der Waals surface area contributed by atoms with E-state index in [0.29, 0.717) is 16.7 Å². The van der Waals surface area contributed by atoms with Gasteiger partial charge in [0.1, 0.15) is 28.0 Å². The molecule has 0 fully saturated rings. The third-order valence-electron chi connectivity index (χ3n) is 4.41. The number of rotatable bonds is 7. The van der Waals surface area contributed by atoms with Crippen LogP contribution in [-0.2, 0) is 9.53 Å². The summed E-state index contributed by atoms with van der Waals surface area (Å²) in [6.07, 6.45) is 1.21. The average molecular weight is 465 g/mol. The van der Waals surface area contributed by atoms with E-state index in [0.717, 1.165) is 11.3 Å². The Hall–Kier alpha value is -4.36. The van der Waals surface area contributed by atoms with Crippen LogP contribution in [0, 0.1) is 27.3 Å². The molecule has 0 bridgehead atoms. The molecule has 8 nitrogen and oxygen atoms in total. The van der Waals surface area contributed by atoms with E-state index in [4.69, 9.17) is 4.74 Å². The molecule has 0 spiro atoms. The second-order valence-corrected chi connectivity index (χ2v) is 7.44. The molecule has 10 heteroatoms. The van der Waals surface area contributed by atoms with Crippen LogP contribution in [0.25, 0.3) is 17.2 Å². The molecule has 0 aliphatic carbocycles. The Labute approximate surface area is 191 Å². The first-order chi connectivity index (χ1) is 15.8. The van der Waals surface area contributed by atoms with Crippen molar-refractivity contribution in [2.75, 3.05) is 11.9 Å². The van der Waals surface area contributed by atoms with E-state index < -0.39 is 22.6 Å². The second kappa shape index (κ2) is 10.3. The maximum Gasteiger partial charge on any atom is 0.341 e. The van der Waals surface area contributed by atoms with Crippen LogP contribution in [0.1, 0.15) is 22.8 Å². The van der Waals surface area contributed by atoms with Crippen LogP contribution in [0.5, 0.6) is 0 Å². The van der Waals surface area contributed by atoms with Gasteiger partial charge >= 0.3 is 5.97 Å². The number of thiophene rings is 1. The number of benzene rings is 2. The van der Waals surface area contributed by atoms with Gasteiger partial charge in [0.2, 0.25) is 0 Å². The first-order valence-corrected chi connectivity index (χ1v) is 10.4.